The van der Waals surface area contributed by atoms with Crippen molar-refractivity contribution in [2.45, 2.75) is 64.6 Å². The predicted octanol–water partition coefficient (Wildman–Crippen LogP) is -0.199. The van der Waals surface area contributed by atoms with Crippen LogP contribution in [0.4, 0.5) is 0 Å². The molecule has 0 bridgehead atoms. The van der Waals surface area contributed by atoms with Gasteiger partial charge < -0.3 is 18.9 Å². The molecule has 9 nitrogen and oxygen atoms in total. The first kappa shape index (κ1) is 19.2. The molecular weight excluding hydrogens is 334 g/mol. The van der Waals surface area contributed by atoms with Gasteiger partial charge in [0.2, 0.25) is 0 Å². The monoisotopic (exact) mass is 357 g/mol. The Bertz CT molecular complexity index is 548. The lowest BCUT2D eigenvalue weighted by Crippen LogP contribution is -2.55. The van der Waals surface area contributed by atoms with Crippen LogP contribution in [0.3, 0.4) is 0 Å². The summed E-state index contributed by atoms with van der Waals surface area (Å²) in [6.07, 6.45) is -2.28. The van der Waals surface area contributed by atoms with E-state index in [1.54, 1.807) is 0 Å². The first-order chi connectivity index (χ1) is 11.7. The Hall–Kier alpha value is -2.16. The fraction of sp³-hybridized carbons (Fsp3) is 0.750. The molecule has 0 aromatic rings. The van der Waals surface area contributed by atoms with Gasteiger partial charge in [-0.1, -0.05) is 0 Å². The minimum absolute atomic E-state index is 0.289. The van der Waals surface area contributed by atoms with Crippen molar-refractivity contribution in [2.75, 3.05) is 13.1 Å². The minimum Gasteiger partial charge on any atom is -0.458 e. The van der Waals surface area contributed by atoms with Crippen LogP contribution < -0.4 is 0 Å². The second-order valence-electron chi connectivity index (χ2n) is 6.27. The summed E-state index contributed by atoms with van der Waals surface area (Å²) in [5.41, 5.74) is 0. The van der Waals surface area contributed by atoms with Crippen molar-refractivity contribution in [3.8, 4) is 0 Å². The van der Waals surface area contributed by atoms with Crippen LogP contribution in [-0.2, 0) is 38.1 Å². The normalized spacial score (nSPS) is 31.6. The summed E-state index contributed by atoms with van der Waals surface area (Å²) in [5, 5.41) is 0. The van der Waals surface area contributed by atoms with E-state index in [-0.39, 0.29) is 12.6 Å². The number of fused-ring (bicyclic) bond motifs is 1. The molecule has 0 amide bonds. The number of esters is 4. The van der Waals surface area contributed by atoms with E-state index in [1.807, 2.05) is 4.90 Å². The summed E-state index contributed by atoms with van der Waals surface area (Å²) in [4.78, 5) is 47.4. The van der Waals surface area contributed by atoms with E-state index in [2.05, 4.69) is 0 Å². The lowest BCUT2D eigenvalue weighted by Gasteiger charge is -2.40. The number of nitrogens with zero attached hydrogens (tertiary/aromatic N) is 1. The summed E-state index contributed by atoms with van der Waals surface area (Å²) in [6.45, 7) is 5.75. The van der Waals surface area contributed by atoms with Crippen molar-refractivity contribution < 1.29 is 38.1 Å². The molecule has 2 rings (SSSR count). The number of carbonyl (C=O) groups excluding carboxylic acids is 4. The van der Waals surface area contributed by atoms with Crippen LogP contribution in [0.1, 0.15) is 34.1 Å². The molecule has 0 N–H and O–H groups in total. The molecule has 140 valence electrons. The Labute approximate surface area is 145 Å². The fourth-order valence-corrected chi connectivity index (χ4v) is 3.48. The topological polar surface area (TPSA) is 108 Å². The second kappa shape index (κ2) is 7.81. The molecule has 0 saturated carbocycles. The Balaban J connectivity index is 2.21. The Morgan fingerprint density at radius 1 is 0.680 bits per heavy atom. The highest BCUT2D eigenvalue weighted by atomic mass is 16.6. The third-order valence-electron chi connectivity index (χ3n) is 4.19. The number of rotatable bonds is 4. The summed E-state index contributed by atoms with van der Waals surface area (Å²) in [5.74, 6) is -1.94. The molecule has 0 unspecified atom stereocenters. The van der Waals surface area contributed by atoms with Gasteiger partial charge in [0.25, 0.3) is 0 Å². The van der Waals surface area contributed by atoms with Crippen molar-refractivity contribution in [1.82, 2.24) is 4.90 Å². The smallest absolute Gasteiger partial charge is 0.303 e. The van der Waals surface area contributed by atoms with Gasteiger partial charge in [-0.2, -0.15) is 0 Å². The molecule has 2 aliphatic rings. The van der Waals surface area contributed by atoms with Crippen LogP contribution in [0, 0.1) is 0 Å². The van der Waals surface area contributed by atoms with Gasteiger partial charge in [0.1, 0.15) is 6.10 Å². The van der Waals surface area contributed by atoms with Gasteiger partial charge >= 0.3 is 23.9 Å². The highest BCUT2D eigenvalue weighted by Gasteiger charge is 2.52. The molecular formula is C16H23NO8. The standard InChI is InChI=1S/C16H23NO8/c1-8(18)22-13-5-12-16(25-11(4)21)15(24-10(3)20)7-17(12)6-14(13)23-9(2)19/h12-16H,5-7H2,1-4H3/t12-,13+,14+,15-,16+/m0/s1. The third kappa shape index (κ3) is 4.91. The average molecular weight is 357 g/mol. The van der Waals surface area contributed by atoms with Crippen molar-refractivity contribution >= 4 is 23.9 Å². The Morgan fingerprint density at radius 3 is 1.64 bits per heavy atom. The molecule has 25 heavy (non-hydrogen) atoms. The number of hydrogen-bond donors (Lipinski definition) is 0. The molecule has 0 radical (unpaired) electrons. The number of ether oxygens (including phenoxy) is 4. The van der Waals surface area contributed by atoms with Crippen LogP contribution in [-0.4, -0.2) is 72.3 Å². The Morgan fingerprint density at radius 2 is 1.12 bits per heavy atom. The summed E-state index contributed by atoms with van der Waals surface area (Å²) in [7, 11) is 0. The largest absolute Gasteiger partial charge is 0.458 e. The van der Waals surface area contributed by atoms with Crippen molar-refractivity contribution in [3.63, 3.8) is 0 Å². The molecule has 0 aromatic carbocycles. The summed E-state index contributed by atoms with van der Waals surface area (Å²) in [6, 6.07) is -0.301. The summed E-state index contributed by atoms with van der Waals surface area (Å²) < 4.78 is 21.2. The Kier molecular flexibility index (Phi) is 5.99. The van der Waals surface area contributed by atoms with Crippen LogP contribution >= 0.6 is 0 Å². The van der Waals surface area contributed by atoms with E-state index in [0.717, 1.165) is 0 Å². The molecule has 2 aliphatic heterocycles. The second-order valence-corrected chi connectivity index (χ2v) is 6.27. The number of piperidine rings is 1. The van der Waals surface area contributed by atoms with Gasteiger partial charge in [-0.25, -0.2) is 0 Å². The first-order valence-corrected chi connectivity index (χ1v) is 8.10. The van der Waals surface area contributed by atoms with Crippen LogP contribution in [0.5, 0.6) is 0 Å². The predicted molar refractivity (Wildman–Crippen MR) is 82.2 cm³/mol. The van der Waals surface area contributed by atoms with E-state index < -0.39 is 48.3 Å². The maximum Gasteiger partial charge on any atom is 0.303 e. The molecule has 2 saturated heterocycles. The van der Waals surface area contributed by atoms with Gasteiger partial charge in [-0.15, -0.1) is 0 Å². The average Bonchev–Trinajstić information content (AvgIpc) is 2.74. The maximum atomic E-state index is 11.4. The van der Waals surface area contributed by atoms with Gasteiger partial charge in [-0.05, 0) is 0 Å². The molecule has 0 spiro atoms. The molecule has 0 aliphatic carbocycles. The molecule has 2 fully saturated rings. The zero-order chi connectivity index (χ0) is 18.7. The van der Waals surface area contributed by atoms with E-state index in [9.17, 15) is 19.2 Å². The van der Waals surface area contributed by atoms with Crippen molar-refractivity contribution in [2.24, 2.45) is 0 Å². The van der Waals surface area contributed by atoms with Gasteiger partial charge in [0.15, 0.2) is 18.3 Å². The van der Waals surface area contributed by atoms with Crippen LogP contribution in [0.2, 0.25) is 0 Å². The van der Waals surface area contributed by atoms with Crippen LogP contribution in [0.15, 0.2) is 0 Å². The van der Waals surface area contributed by atoms with Gasteiger partial charge in [0.05, 0.1) is 6.04 Å². The zero-order valence-corrected chi connectivity index (χ0v) is 14.7. The summed E-state index contributed by atoms with van der Waals surface area (Å²) >= 11 is 0. The molecule has 5 atom stereocenters. The van der Waals surface area contributed by atoms with E-state index in [4.69, 9.17) is 18.9 Å². The van der Waals surface area contributed by atoms with E-state index in [0.29, 0.717) is 13.0 Å². The zero-order valence-electron chi connectivity index (χ0n) is 14.7. The molecule has 2 heterocycles. The number of hydrogen-bond acceptors (Lipinski definition) is 9. The van der Waals surface area contributed by atoms with E-state index in [1.165, 1.54) is 27.7 Å². The third-order valence-corrected chi connectivity index (χ3v) is 4.19. The van der Waals surface area contributed by atoms with E-state index >= 15 is 0 Å². The van der Waals surface area contributed by atoms with Gasteiger partial charge in [0, 0.05) is 47.2 Å². The number of carbonyl (C=O) groups is 4. The van der Waals surface area contributed by atoms with Crippen molar-refractivity contribution in [1.29, 1.82) is 0 Å². The SMILES string of the molecule is CC(=O)O[C@H]1[C@@H](OC(C)=O)CN2C[C@@H](OC(C)=O)[C@H](OC(C)=O)C[C@@H]12. The van der Waals surface area contributed by atoms with Crippen LogP contribution in [0.25, 0.3) is 0 Å². The first-order valence-electron chi connectivity index (χ1n) is 8.10. The molecule has 0 aromatic heterocycles. The lowest BCUT2D eigenvalue weighted by atomic mass is 9.95. The molecule has 9 heteroatoms. The fourth-order valence-electron chi connectivity index (χ4n) is 3.48. The maximum absolute atomic E-state index is 11.4. The lowest BCUT2D eigenvalue weighted by molar-refractivity contribution is -0.177. The van der Waals surface area contributed by atoms with Gasteiger partial charge in [-0.3, -0.25) is 24.1 Å². The highest BCUT2D eigenvalue weighted by molar-refractivity contribution is 5.68. The minimum atomic E-state index is -0.669. The van der Waals surface area contributed by atoms with Crippen molar-refractivity contribution in [3.05, 3.63) is 0 Å². The quantitative estimate of drug-likeness (QED) is 0.499. The highest BCUT2D eigenvalue weighted by Crippen LogP contribution is 2.33.